The van der Waals surface area contributed by atoms with E-state index in [0.717, 1.165) is 48.7 Å². The number of fused-ring (bicyclic) bond motifs is 2. The molecule has 2 aromatic heterocycles. The van der Waals surface area contributed by atoms with Gasteiger partial charge in [0.15, 0.2) is 0 Å². The third-order valence-electron chi connectivity index (χ3n) is 8.59. The highest BCUT2D eigenvalue weighted by atomic mass is 35.5. The van der Waals surface area contributed by atoms with E-state index in [0.29, 0.717) is 22.5 Å². The van der Waals surface area contributed by atoms with Crippen LogP contribution < -0.4 is 26.3 Å². The smallest absolute Gasteiger partial charge is 0.395 e. The summed E-state index contributed by atoms with van der Waals surface area (Å²) in [5, 5.41) is 20.8. The summed E-state index contributed by atoms with van der Waals surface area (Å²) in [5.41, 5.74) is 7.55. The van der Waals surface area contributed by atoms with Gasteiger partial charge in [0.25, 0.3) is 0 Å². The van der Waals surface area contributed by atoms with Crippen molar-refractivity contribution in [1.82, 2.24) is 25.9 Å². The molecule has 45 heavy (non-hydrogen) atoms. The largest absolute Gasteiger partial charge is 0.481 e. The van der Waals surface area contributed by atoms with Crippen LogP contribution in [0.4, 0.5) is 24.5 Å². The van der Waals surface area contributed by atoms with Crippen LogP contribution in [-0.2, 0) is 0 Å². The van der Waals surface area contributed by atoms with Gasteiger partial charge in [-0.3, -0.25) is 9.99 Å². The predicted molar refractivity (Wildman–Crippen MR) is 168 cm³/mol. The van der Waals surface area contributed by atoms with Crippen molar-refractivity contribution in [2.24, 2.45) is 5.41 Å². The van der Waals surface area contributed by atoms with Gasteiger partial charge in [-0.05, 0) is 68.8 Å². The number of alkyl halides is 3. The second-order valence-electron chi connectivity index (χ2n) is 12.3. The average molecular weight is 637 g/mol. The summed E-state index contributed by atoms with van der Waals surface area (Å²) in [6.45, 7) is 3.94. The van der Waals surface area contributed by atoms with E-state index in [1.54, 1.807) is 25.4 Å². The maximum Gasteiger partial charge on any atom is 0.395 e. The molecule has 3 heterocycles. The van der Waals surface area contributed by atoms with Gasteiger partial charge in [0.05, 0.1) is 51.6 Å². The zero-order valence-corrected chi connectivity index (χ0v) is 25.9. The molecule has 0 amide bonds. The van der Waals surface area contributed by atoms with Crippen LogP contribution in [0.1, 0.15) is 50.8 Å². The number of nitrogens with zero attached hydrogens (tertiary/aromatic N) is 4. The molecule has 0 saturated heterocycles. The first-order chi connectivity index (χ1) is 21.3. The number of halogens is 4. The molecule has 1 saturated carbocycles. The SMILES string of the molecule is COc1nccc2c([C@H](Nc3cc(Cl)c4ncc(C#N)c(NCC(C)(C)C(F)(F)F)c4c3)C3=CN(C4(C)CC4)NN3)cccc12. The van der Waals surface area contributed by atoms with Crippen LogP contribution in [0.15, 0.2) is 60.7 Å². The summed E-state index contributed by atoms with van der Waals surface area (Å²) in [6, 6.07) is 12.9. The van der Waals surface area contributed by atoms with Gasteiger partial charge >= 0.3 is 6.18 Å². The zero-order chi connectivity index (χ0) is 32.1. The van der Waals surface area contributed by atoms with Gasteiger partial charge in [-0.2, -0.15) is 18.4 Å². The van der Waals surface area contributed by atoms with Crippen molar-refractivity contribution in [3.05, 3.63) is 76.8 Å². The standard InChI is InChI=1S/C32H32ClF3N8O/c1-30(2,32(34,35)36)17-40-26-18(14-37)15-39-27-23(26)12-19(13-24(27)33)41-28(25-16-44(43-42-25)31(3)9-10-31)21-6-5-7-22-20(21)8-11-38-29(22)45-4/h5-8,11-13,15-16,28,41-43H,9-10,17H2,1-4H3,(H,39,40)/t28-/m0/s1. The number of aromatic nitrogens is 2. The first-order valence-electron chi connectivity index (χ1n) is 14.4. The molecule has 4 N–H and O–H groups in total. The number of nitriles is 1. The average Bonchev–Trinajstić information content (AvgIpc) is 3.56. The monoisotopic (exact) mass is 636 g/mol. The molecule has 4 aromatic rings. The van der Waals surface area contributed by atoms with Crippen LogP contribution in [0.25, 0.3) is 21.7 Å². The lowest BCUT2D eigenvalue weighted by Crippen LogP contribution is -2.43. The van der Waals surface area contributed by atoms with E-state index in [1.807, 2.05) is 36.5 Å². The summed E-state index contributed by atoms with van der Waals surface area (Å²) >= 11 is 6.74. The zero-order valence-electron chi connectivity index (χ0n) is 25.1. The Kier molecular flexibility index (Phi) is 7.57. The quantitative estimate of drug-likeness (QED) is 0.152. The molecule has 234 valence electrons. The van der Waals surface area contributed by atoms with E-state index < -0.39 is 24.2 Å². The summed E-state index contributed by atoms with van der Waals surface area (Å²) in [4.78, 5) is 8.72. The molecule has 1 fully saturated rings. The molecule has 1 aliphatic carbocycles. The molecule has 0 bridgehead atoms. The number of benzene rings is 2. The van der Waals surface area contributed by atoms with Crippen molar-refractivity contribution in [2.45, 2.75) is 51.4 Å². The Morgan fingerprint density at radius 2 is 1.93 bits per heavy atom. The normalized spacial score (nSPS) is 16.6. The highest BCUT2D eigenvalue weighted by molar-refractivity contribution is 6.35. The Morgan fingerprint density at radius 3 is 2.62 bits per heavy atom. The number of anilines is 2. The van der Waals surface area contributed by atoms with Crippen LogP contribution in [0, 0.1) is 16.7 Å². The van der Waals surface area contributed by atoms with Crippen molar-refractivity contribution < 1.29 is 17.9 Å². The third kappa shape index (κ3) is 5.62. The van der Waals surface area contributed by atoms with E-state index >= 15 is 0 Å². The number of methoxy groups -OCH3 is 1. The lowest BCUT2D eigenvalue weighted by atomic mass is 9.92. The predicted octanol–water partition coefficient (Wildman–Crippen LogP) is 7.19. The Hall–Kier alpha value is -4.47. The Morgan fingerprint density at radius 1 is 1.16 bits per heavy atom. The summed E-state index contributed by atoms with van der Waals surface area (Å²) in [7, 11) is 1.57. The van der Waals surface area contributed by atoms with E-state index in [-0.39, 0.29) is 21.8 Å². The molecule has 6 rings (SSSR count). The fraction of sp³-hybridized carbons (Fsp3) is 0.344. The van der Waals surface area contributed by atoms with Gasteiger partial charge in [0, 0.05) is 41.6 Å². The molecule has 0 spiro atoms. The minimum atomic E-state index is -4.45. The highest BCUT2D eigenvalue weighted by Gasteiger charge is 2.47. The molecule has 1 atom stereocenters. The number of ether oxygens (including phenoxy) is 1. The van der Waals surface area contributed by atoms with Crippen LogP contribution in [0.3, 0.4) is 0 Å². The molecule has 0 unspecified atom stereocenters. The topological polar surface area (TPSA) is 110 Å². The Labute approximate surface area is 263 Å². The van der Waals surface area contributed by atoms with E-state index in [1.165, 1.54) is 6.20 Å². The number of hydrazine groups is 2. The highest BCUT2D eigenvalue weighted by Crippen LogP contribution is 2.44. The van der Waals surface area contributed by atoms with Crippen LogP contribution in [-0.4, -0.2) is 40.3 Å². The lowest BCUT2D eigenvalue weighted by Gasteiger charge is -2.29. The van der Waals surface area contributed by atoms with Gasteiger partial charge in [0.1, 0.15) is 6.07 Å². The molecular weight excluding hydrogens is 605 g/mol. The van der Waals surface area contributed by atoms with E-state index in [4.69, 9.17) is 16.3 Å². The second-order valence-corrected chi connectivity index (χ2v) is 12.7. The molecule has 13 heteroatoms. The summed E-state index contributed by atoms with van der Waals surface area (Å²) in [5.74, 6) is 0.494. The van der Waals surface area contributed by atoms with Crippen molar-refractivity contribution in [3.63, 3.8) is 0 Å². The Bertz CT molecular complexity index is 1870. The lowest BCUT2D eigenvalue weighted by molar-refractivity contribution is -0.206. The van der Waals surface area contributed by atoms with Crippen molar-refractivity contribution in [3.8, 4) is 11.9 Å². The van der Waals surface area contributed by atoms with Crippen LogP contribution >= 0.6 is 11.6 Å². The maximum absolute atomic E-state index is 13.7. The fourth-order valence-corrected chi connectivity index (χ4v) is 5.59. The summed E-state index contributed by atoms with van der Waals surface area (Å²) in [6.07, 6.45) is 2.69. The minimum Gasteiger partial charge on any atom is -0.481 e. The van der Waals surface area contributed by atoms with Gasteiger partial charge in [-0.15, -0.1) is 5.53 Å². The number of pyridine rings is 2. The number of nitrogens with one attached hydrogen (secondary N) is 4. The second kappa shape index (κ2) is 11.2. The van der Waals surface area contributed by atoms with E-state index in [2.05, 4.69) is 43.5 Å². The van der Waals surface area contributed by atoms with Crippen LogP contribution in [0.5, 0.6) is 5.88 Å². The fourth-order valence-electron chi connectivity index (χ4n) is 5.32. The number of hydrogen-bond acceptors (Lipinski definition) is 9. The molecule has 2 aromatic carbocycles. The van der Waals surface area contributed by atoms with Gasteiger partial charge in [-0.1, -0.05) is 23.7 Å². The van der Waals surface area contributed by atoms with Crippen molar-refractivity contribution >= 4 is 44.7 Å². The number of hydrogen-bond donors (Lipinski definition) is 4. The molecule has 2 aliphatic rings. The molecule has 9 nitrogen and oxygen atoms in total. The van der Waals surface area contributed by atoms with Crippen molar-refractivity contribution in [1.29, 1.82) is 5.26 Å². The molecular formula is C32H32ClF3N8O. The molecule has 1 aliphatic heterocycles. The van der Waals surface area contributed by atoms with E-state index in [9.17, 15) is 18.4 Å². The van der Waals surface area contributed by atoms with Crippen LogP contribution in [0.2, 0.25) is 5.02 Å². The first-order valence-corrected chi connectivity index (χ1v) is 14.8. The first kappa shape index (κ1) is 30.6. The van der Waals surface area contributed by atoms with Crippen molar-refractivity contribution in [2.75, 3.05) is 24.3 Å². The Balaban J connectivity index is 1.46. The minimum absolute atomic E-state index is 0.00157. The van der Waals surface area contributed by atoms with Gasteiger partial charge in [-0.25, -0.2) is 4.98 Å². The summed E-state index contributed by atoms with van der Waals surface area (Å²) < 4.78 is 46.6. The van der Waals surface area contributed by atoms with Gasteiger partial charge < -0.3 is 20.8 Å². The molecule has 0 radical (unpaired) electrons. The number of rotatable bonds is 9. The third-order valence-corrected chi connectivity index (χ3v) is 8.88. The van der Waals surface area contributed by atoms with Gasteiger partial charge in [0.2, 0.25) is 5.88 Å². The maximum atomic E-state index is 13.7.